The maximum Gasteiger partial charge on any atom is 0.164 e. The molecule has 2 unspecified atom stereocenters. The first-order valence-corrected chi connectivity index (χ1v) is 6.00. The van der Waals surface area contributed by atoms with Crippen molar-refractivity contribution in [3.63, 3.8) is 0 Å². The van der Waals surface area contributed by atoms with E-state index < -0.39 is 0 Å². The third kappa shape index (κ3) is 1.74. The van der Waals surface area contributed by atoms with Crippen LogP contribution in [0.5, 0.6) is 0 Å². The fraction of sp³-hybridized carbons (Fsp3) is 0.385. The first-order valence-electron chi connectivity index (χ1n) is 6.00. The molecule has 17 heavy (non-hydrogen) atoms. The highest BCUT2D eigenvalue weighted by atomic mass is 15.3. The Labute approximate surface area is 100 Å². The average molecular weight is 228 g/mol. The fourth-order valence-corrected chi connectivity index (χ4v) is 2.53. The Bertz CT molecular complexity index is 517. The molecular weight excluding hydrogens is 212 g/mol. The monoisotopic (exact) mass is 228 g/mol. The Balaban J connectivity index is 2.09. The average Bonchev–Trinajstić information content (AvgIpc) is 2.74. The highest BCUT2D eigenvalue weighted by Gasteiger charge is 2.26. The van der Waals surface area contributed by atoms with Crippen molar-refractivity contribution < 1.29 is 0 Å². The van der Waals surface area contributed by atoms with E-state index in [-0.39, 0.29) is 6.04 Å². The maximum atomic E-state index is 6.07. The van der Waals surface area contributed by atoms with Gasteiger partial charge in [0.2, 0.25) is 0 Å². The summed E-state index contributed by atoms with van der Waals surface area (Å²) in [7, 11) is 0. The van der Waals surface area contributed by atoms with Gasteiger partial charge in [0.05, 0.1) is 0 Å². The van der Waals surface area contributed by atoms with E-state index in [1.807, 2.05) is 18.2 Å². The van der Waals surface area contributed by atoms with Gasteiger partial charge in [-0.05, 0) is 6.42 Å². The molecule has 1 aliphatic heterocycles. The minimum atomic E-state index is 0.205. The van der Waals surface area contributed by atoms with Crippen LogP contribution in [-0.4, -0.2) is 20.8 Å². The first kappa shape index (κ1) is 10.5. The summed E-state index contributed by atoms with van der Waals surface area (Å²) >= 11 is 0. The van der Waals surface area contributed by atoms with Crippen LogP contribution in [0.4, 0.5) is 0 Å². The Morgan fingerprint density at radius 1 is 1.24 bits per heavy atom. The maximum absolute atomic E-state index is 6.07. The number of nitrogens with zero attached hydrogens (tertiary/aromatic N) is 3. The fourth-order valence-electron chi connectivity index (χ4n) is 2.53. The molecule has 0 amide bonds. The highest BCUT2D eigenvalue weighted by molar-refractivity contribution is 5.55. The van der Waals surface area contributed by atoms with Crippen molar-refractivity contribution in [2.45, 2.75) is 31.8 Å². The molecular formula is C13H16N4. The smallest absolute Gasteiger partial charge is 0.164 e. The zero-order valence-electron chi connectivity index (χ0n) is 9.87. The molecule has 0 saturated heterocycles. The van der Waals surface area contributed by atoms with Gasteiger partial charge in [-0.1, -0.05) is 37.3 Å². The Morgan fingerprint density at radius 3 is 2.76 bits per heavy atom. The summed E-state index contributed by atoms with van der Waals surface area (Å²) in [5, 5.41) is 8.62. The molecule has 0 fully saturated rings. The van der Waals surface area contributed by atoms with E-state index in [4.69, 9.17) is 5.73 Å². The lowest BCUT2D eigenvalue weighted by molar-refractivity contribution is 0.409. The first-order chi connectivity index (χ1) is 8.25. The molecule has 2 N–H and O–H groups in total. The molecule has 4 heteroatoms. The zero-order chi connectivity index (χ0) is 11.8. The van der Waals surface area contributed by atoms with Gasteiger partial charge >= 0.3 is 0 Å². The van der Waals surface area contributed by atoms with Gasteiger partial charge in [0.25, 0.3) is 0 Å². The molecule has 0 bridgehead atoms. The van der Waals surface area contributed by atoms with Crippen LogP contribution in [-0.2, 0) is 6.54 Å². The highest BCUT2D eigenvalue weighted by Crippen LogP contribution is 2.28. The number of aromatic nitrogens is 3. The molecule has 0 radical (unpaired) electrons. The lowest BCUT2D eigenvalue weighted by Gasteiger charge is -2.25. The molecule has 2 heterocycles. The summed E-state index contributed by atoms with van der Waals surface area (Å²) in [4.78, 5) is 0. The second-order valence-corrected chi connectivity index (χ2v) is 4.76. The van der Waals surface area contributed by atoms with E-state index in [0.29, 0.717) is 5.92 Å². The molecule has 2 aromatic rings. The molecule has 0 aliphatic carbocycles. The number of fused-ring (bicyclic) bond motifs is 1. The van der Waals surface area contributed by atoms with E-state index >= 15 is 0 Å². The summed E-state index contributed by atoms with van der Waals surface area (Å²) in [6, 6.07) is 10.4. The van der Waals surface area contributed by atoms with Crippen LogP contribution in [0.2, 0.25) is 0 Å². The second-order valence-electron chi connectivity index (χ2n) is 4.76. The minimum Gasteiger partial charge on any atom is -0.326 e. The van der Waals surface area contributed by atoms with Gasteiger partial charge in [0.15, 0.2) is 5.82 Å². The van der Waals surface area contributed by atoms with E-state index in [1.54, 1.807) is 0 Å². The quantitative estimate of drug-likeness (QED) is 0.809. The third-order valence-corrected chi connectivity index (χ3v) is 3.33. The zero-order valence-corrected chi connectivity index (χ0v) is 9.87. The van der Waals surface area contributed by atoms with Crippen LogP contribution in [0.3, 0.4) is 0 Å². The van der Waals surface area contributed by atoms with Gasteiger partial charge in [0, 0.05) is 24.1 Å². The van der Waals surface area contributed by atoms with Crippen LogP contribution in [0.25, 0.3) is 11.4 Å². The van der Waals surface area contributed by atoms with Crippen molar-refractivity contribution >= 4 is 0 Å². The number of benzene rings is 1. The van der Waals surface area contributed by atoms with Gasteiger partial charge in [0.1, 0.15) is 5.82 Å². The van der Waals surface area contributed by atoms with Crippen molar-refractivity contribution in [3.8, 4) is 11.4 Å². The van der Waals surface area contributed by atoms with Crippen LogP contribution < -0.4 is 5.73 Å². The SMILES string of the molecule is CC1CC(N)Cn2c(-c3ccccc3)nnc21. The van der Waals surface area contributed by atoms with Crippen molar-refractivity contribution in [2.75, 3.05) is 0 Å². The van der Waals surface area contributed by atoms with E-state index in [0.717, 1.165) is 30.2 Å². The molecule has 88 valence electrons. The topological polar surface area (TPSA) is 56.7 Å². The second kappa shape index (κ2) is 3.96. The van der Waals surface area contributed by atoms with Gasteiger partial charge in [-0.3, -0.25) is 0 Å². The molecule has 3 rings (SSSR count). The van der Waals surface area contributed by atoms with Gasteiger partial charge in [-0.25, -0.2) is 0 Å². The van der Waals surface area contributed by atoms with Crippen molar-refractivity contribution in [2.24, 2.45) is 5.73 Å². The van der Waals surface area contributed by atoms with Crippen LogP contribution in [0.1, 0.15) is 25.1 Å². The number of hydrogen-bond donors (Lipinski definition) is 1. The van der Waals surface area contributed by atoms with Crippen molar-refractivity contribution in [1.82, 2.24) is 14.8 Å². The van der Waals surface area contributed by atoms with Crippen molar-refractivity contribution in [1.29, 1.82) is 0 Å². The molecule has 4 nitrogen and oxygen atoms in total. The predicted molar refractivity (Wildman–Crippen MR) is 66.5 cm³/mol. The molecule has 1 aromatic heterocycles. The summed E-state index contributed by atoms with van der Waals surface area (Å²) < 4.78 is 2.16. The summed E-state index contributed by atoms with van der Waals surface area (Å²) in [5.74, 6) is 2.39. The van der Waals surface area contributed by atoms with Crippen LogP contribution in [0, 0.1) is 0 Å². The molecule has 1 aliphatic rings. The van der Waals surface area contributed by atoms with Gasteiger partial charge in [-0.15, -0.1) is 10.2 Å². The van der Waals surface area contributed by atoms with Crippen LogP contribution >= 0.6 is 0 Å². The third-order valence-electron chi connectivity index (χ3n) is 3.33. The number of rotatable bonds is 1. The lowest BCUT2D eigenvalue weighted by atomic mass is 9.97. The number of nitrogens with two attached hydrogens (primary N) is 1. The summed E-state index contributed by atoms with van der Waals surface area (Å²) in [5.41, 5.74) is 7.17. The standard InChI is InChI=1S/C13H16N4/c1-9-7-11(14)8-17-12(9)15-16-13(17)10-5-3-2-4-6-10/h2-6,9,11H,7-8,14H2,1H3. The van der Waals surface area contributed by atoms with Crippen molar-refractivity contribution in [3.05, 3.63) is 36.2 Å². The Hall–Kier alpha value is -1.68. The largest absolute Gasteiger partial charge is 0.326 e. The Morgan fingerprint density at radius 2 is 2.00 bits per heavy atom. The Kier molecular flexibility index (Phi) is 2.44. The normalized spacial score (nSPS) is 23.4. The van der Waals surface area contributed by atoms with E-state index in [1.165, 1.54) is 0 Å². The van der Waals surface area contributed by atoms with Gasteiger partial charge < -0.3 is 10.3 Å². The lowest BCUT2D eigenvalue weighted by Crippen LogP contribution is -2.33. The molecule has 0 spiro atoms. The summed E-state index contributed by atoms with van der Waals surface area (Å²) in [6.07, 6.45) is 0.993. The van der Waals surface area contributed by atoms with Gasteiger partial charge in [-0.2, -0.15) is 0 Å². The number of hydrogen-bond acceptors (Lipinski definition) is 3. The van der Waals surface area contributed by atoms with Crippen LogP contribution in [0.15, 0.2) is 30.3 Å². The minimum absolute atomic E-state index is 0.205. The molecule has 0 saturated carbocycles. The molecule has 1 aromatic carbocycles. The molecule has 2 atom stereocenters. The summed E-state index contributed by atoms with van der Waals surface area (Å²) in [6.45, 7) is 2.98. The predicted octanol–water partition coefficient (Wildman–Crippen LogP) is 1.78. The van der Waals surface area contributed by atoms with E-state index in [9.17, 15) is 0 Å². The van der Waals surface area contributed by atoms with E-state index in [2.05, 4.69) is 33.8 Å².